The van der Waals surface area contributed by atoms with Crippen molar-refractivity contribution in [1.29, 1.82) is 0 Å². The minimum atomic E-state index is 0.0228. The fourth-order valence-electron chi connectivity index (χ4n) is 3.45. The molecule has 2 rings (SSSR count). The summed E-state index contributed by atoms with van der Waals surface area (Å²) >= 11 is 0. The molecular weight excluding hydrogens is 342 g/mol. The van der Waals surface area contributed by atoms with E-state index in [0.717, 1.165) is 36.3 Å². The second-order valence-corrected chi connectivity index (χ2v) is 7.56. The lowest BCUT2D eigenvalue weighted by molar-refractivity contribution is -0.127. The van der Waals surface area contributed by atoms with Gasteiger partial charge in [-0.15, -0.1) is 0 Å². The summed E-state index contributed by atoms with van der Waals surface area (Å²) in [6, 6.07) is 0.387. The van der Waals surface area contributed by atoms with Crippen LogP contribution in [-0.4, -0.2) is 48.6 Å². The van der Waals surface area contributed by atoms with E-state index >= 15 is 0 Å². The summed E-state index contributed by atoms with van der Waals surface area (Å²) in [6.45, 7) is 7.14. The van der Waals surface area contributed by atoms with Gasteiger partial charge in [-0.1, -0.05) is 38.8 Å². The van der Waals surface area contributed by atoms with Gasteiger partial charge in [0.15, 0.2) is 5.96 Å². The average molecular weight is 378 g/mol. The first-order valence-electron chi connectivity index (χ1n) is 10.2. The van der Waals surface area contributed by atoms with Crippen molar-refractivity contribution in [2.75, 3.05) is 20.6 Å². The molecule has 0 aliphatic heterocycles. The Kier molecular flexibility index (Phi) is 8.13. The van der Waals surface area contributed by atoms with Crippen LogP contribution in [0.25, 0.3) is 0 Å². The highest BCUT2D eigenvalue weighted by atomic mass is 16.5. The van der Waals surface area contributed by atoms with Crippen LogP contribution in [0, 0.1) is 5.92 Å². The molecule has 1 fully saturated rings. The van der Waals surface area contributed by atoms with E-state index in [0.29, 0.717) is 24.5 Å². The largest absolute Gasteiger partial charge is 0.361 e. The Hall–Kier alpha value is -2.05. The van der Waals surface area contributed by atoms with Crippen LogP contribution in [0.15, 0.2) is 9.52 Å². The number of nitrogens with zero attached hydrogens (tertiary/aromatic N) is 3. The normalized spacial score (nSPS) is 20.4. The predicted molar refractivity (Wildman–Crippen MR) is 108 cm³/mol. The fourth-order valence-corrected chi connectivity index (χ4v) is 3.45. The van der Waals surface area contributed by atoms with Crippen LogP contribution in [0.3, 0.4) is 0 Å². The van der Waals surface area contributed by atoms with Crippen molar-refractivity contribution in [3.63, 3.8) is 0 Å². The van der Waals surface area contributed by atoms with E-state index in [-0.39, 0.29) is 12.5 Å². The van der Waals surface area contributed by atoms with Gasteiger partial charge in [0.2, 0.25) is 5.91 Å². The number of aryl methyl sites for hydroxylation is 2. The van der Waals surface area contributed by atoms with Gasteiger partial charge >= 0.3 is 0 Å². The number of aromatic nitrogens is 1. The minimum Gasteiger partial charge on any atom is -0.361 e. The molecule has 1 aromatic heterocycles. The van der Waals surface area contributed by atoms with Crippen LogP contribution in [-0.2, 0) is 24.2 Å². The van der Waals surface area contributed by atoms with E-state index in [1.54, 1.807) is 19.0 Å². The number of carbonyl (C=O) groups is 1. The third kappa shape index (κ3) is 5.97. The van der Waals surface area contributed by atoms with Gasteiger partial charge in [0.1, 0.15) is 5.76 Å². The zero-order chi connectivity index (χ0) is 19.8. The molecule has 0 aromatic carbocycles. The highest BCUT2D eigenvalue weighted by Gasteiger charge is 2.22. The number of likely N-dealkylation sites (N-methyl/N-ethyl adjacent to an activating group) is 1. The molecule has 7 heteroatoms. The summed E-state index contributed by atoms with van der Waals surface area (Å²) in [6.07, 6.45) is 6.51. The number of nitrogens with one attached hydrogen (secondary N) is 2. The number of carbonyl (C=O) groups excluding carboxylic acids is 1. The van der Waals surface area contributed by atoms with Crippen molar-refractivity contribution in [2.24, 2.45) is 10.9 Å². The number of aliphatic imine (C=N–C) groups is 1. The van der Waals surface area contributed by atoms with Gasteiger partial charge in [0.25, 0.3) is 0 Å². The second kappa shape index (κ2) is 10.3. The van der Waals surface area contributed by atoms with Crippen LogP contribution in [0.5, 0.6) is 0 Å². The van der Waals surface area contributed by atoms with Crippen molar-refractivity contribution in [2.45, 2.75) is 71.9 Å². The number of rotatable bonds is 7. The van der Waals surface area contributed by atoms with Crippen molar-refractivity contribution >= 4 is 11.9 Å². The molecule has 0 saturated heterocycles. The summed E-state index contributed by atoms with van der Waals surface area (Å²) in [5.74, 6) is 2.21. The maximum absolute atomic E-state index is 12.0. The highest BCUT2D eigenvalue weighted by molar-refractivity contribution is 5.86. The van der Waals surface area contributed by atoms with E-state index in [4.69, 9.17) is 9.52 Å². The van der Waals surface area contributed by atoms with Crippen molar-refractivity contribution in [1.82, 2.24) is 20.7 Å². The van der Waals surface area contributed by atoms with Crippen LogP contribution >= 0.6 is 0 Å². The third-order valence-corrected chi connectivity index (χ3v) is 5.34. The zero-order valence-corrected chi connectivity index (χ0v) is 17.5. The summed E-state index contributed by atoms with van der Waals surface area (Å²) in [5.41, 5.74) is 2.03. The average Bonchev–Trinajstić information content (AvgIpc) is 3.07. The number of hydrogen-bond donors (Lipinski definition) is 2. The van der Waals surface area contributed by atoms with Gasteiger partial charge in [0, 0.05) is 32.1 Å². The summed E-state index contributed by atoms with van der Waals surface area (Å²) in [7, 11) is 3.52. The van der Waals surface area contributed by atoms with Gasteiger partial charge in [-0.2, -0.15) is 0 Å². The smallest absolute Gasteiger partial charge is 0.241 e. The van der Waals surface area contributed by atoms with E-state index in [2.05, 4.69) is 36.6 Å². The molecule has 2 atom stereocenters. The quantitative estimate of drug-likeness (QED) is 0.563. The monoisotopic (exact) mass is 377 g/mol. The molecule has 1 aliphatic carbocycles. The van der Waals surface area contributed by atoms with Gasteiger partial charge < -0.3 is 20.1 Å². The Balaban J connectivity index is 2.13. The topological polar surface area (TPSA) is 82.8 Å². The minimum absolute atomic E-state index is 0.0228. The molecule has 1 saturated carbocycles. The molecule has 1 amide bonds. The van der Waals surface area contributed by atoms with Crippen molar-refractivity contribution in [3.8, 4) is 0 Å². The van der Waals surface area contributed by atoms with Crippen LogP contribution < -0.4 is 10.6 Å². The molecule has 1 aromatic rings. The predicted octanol–water partition coefficient (Wildman–Crippen LogP) is 2.50. The summed E-state index contributed by atoms with van der Waals surface area (Å²) in [4.78, 5) is 18.3. The van der Waals surface area contributed by atoms with Crippen molar-refractivity contribution in [3.05, 3.63) is 17.0 Å². The Morgan fingerprint density at radius 3 is 2.63 bits per heavy atom. The lowest BCUT2D eigenvalue weighted by atomic mass is 9.86. The molecule has 2 unspecified atom stereocenters. The molecule has 0 spiro atoms. The van der Waals surface area contributed by atoms with E-state index in [1.807, 2.05) is 0 Å². The summed E-state index contributed by atoms with van der Waals surface area (Å²) < 4.78 is 5.44. The molecule has 0 bridgehead atoms. The van der Waals surface area contributed by atoms with E-state index in [9.17, 15) is 4.79 Å². The molecule has 152 valence electrons. The third-order valence-electron chi connectivity index (χ3n) is 5.34. The first-order chi connectivity index (χ1) is 13.0. The SMILES string of the molecule is CCc1noc(CC)c1CN=C(NCC(=O)N(C)C)NC1CCCCC1C. The Morgan fingerprint density at radius 1 is 1.26 bits per heavy atom. The van der Waals surface area contributed by atoms with Gasteiger partial charge in [-0.05, 0) is 25.2 Å². The Bertz CT molecular complexity index is 617. The Labute approximate surface area is 163 Å². The number of guanidine groups is 1. The number of hydrogen-bond acceptors (Lipinski definition) is 4. The zero-order valence-electron chi connectivity index (χ0n) is 17.5. The lowest BCUT2D eigenvalue weighted by Gasteiger charge is -2.31. The van der Waals surface area contributed by atoms with E-state index < -0.39 is 0 Å². The molecule has 2 N–H and O–H groups in total. The number of amides is 1. The molecule has 1 heterocycles. The van der Waals surface area contributed by atoms with Gasteiger partial charge in [-0.25, -0.2) is 4.99 Å². The molecule has 1 aliphatic rings. The van der Waals surface area contributed by atoms with E-state index in [1.165, 1.54) is 19.3 Å². The van der Waals surface area contributed by atoms with Crippen LogP contribution in [0.1, 0.15) is 63.5 Å². The molecule has 27 heavy (non-hydrogen) atoms. The standard InChI is InChI=1S/C20H35N5O2/c1-6-16-15(18(7-2)27-24-16)12-21-20(22-13-19(26)25(4)5)23-17-11-9-8-10-14(17)3/h14,17H,6-13H2,1-5H3,(H2,21,22,23). The molecular formula is C20H35N5O2. The first kappa shape index (κ1) is 21.3. The van der Waals surface area contributed by atoms with Crippen molar-refractivity contribution < 1.29 is 9.32 Å². The molecule has 7 nitrogen and oxygen atoms in total. The maximum Gasteiger partial charge on any atom is 0.241 e. The van der Waals surface area contributed by atoms with Gasteiger partial charge in [0.05, 0.1) is 18.8 Å². The maximum atomic E-state index is 12.0. The lowest BCUT2D eigenvalue weighted by Crippen LogP contribution is -2.49. The Morgan fingerprint density at radius 2 is 2.00 bits per heavy atom. The fraction of sp³-hybridized carbons (Fsp3) is 0.750. The first-order valence-corrected chi connectivity index (χ1v) is 10.2. The van der Waals surface area contributed by atoms with Crippen LogP contribution in [0.4, 0.5) is 0 Å². The van der Waals surface area contributed by atoms with Crippen LogP contribution in [0.2, 0.25) is 0 Å². The second-order valence-electron chi connectivity index (χ2n) is 7.56. The molecule has 0 radical (unpaired) electrons. The highest BCUT2D eigenvalue weighted by Crippen LogP contribution is 2.23. The summed E-state index contributed by atoms with van der Waals surface area (Å²) in [5, 5.41) is 10.9. The van der Waals surface area contributed by atoms with Gasteiger partial charge in [-0.3, -0.25) is 4.79 Å².